The molecule has 2 aromatic carbocycles. The molecule has 3 N–H and O–H groups in total. The minimum atomic E-state index is -0.637. The fourth-order valence-electron chi connectivity index (χ4n) is 2.42. The summed E-state index contributed by atoms with van der Waals surface area (Å²) in [5, 5.41) is 15.6. The Morgan fingerprint density at radius 2 is 1.88 bits per heavy atom. The molecule has 0 bridgehead atoms. The number of nitrogens with one attached hydrogen (secondary N) is 2. The lowest BCUT2D eigenvalue weighted by atomic mass is 10.1. The Morgan fingerprint density at radius 1 is 1.15 bits per heavy atom. The van der Waals surface area contributed by atoms with Crippen molar-refractivity contribution in [3.63, 3.8) is 0 Å². The molecule has 0 radical (unpaired) electrons. The molecule has 6 heteroatoms. The van der Waals surface area contributed by atoms with Crippen molar-refractivity contribution in [1.82, 2.24) is 10.6 Å². The fraction of sp³-hybridized carbons (Fsp3) is 0.350. The van der Waals surface area contributed by atoms with Crippen LogP contribution in [0.25, 0.3) is 0 Å². The Hall–Kier alpha value is -2.76. The minimum Gasteiger partial charge on any atom is -0.505 e. The lowest BCUT2D eigenvalue weighted by molar-refractivity contribution is 0.239. The Balaban J connectivity index is 1.97. The molecule has 5 nitrogen and oxygen atoms in total. The maximum Gasteiger partial charge on any atom is 0.191 e. The van der Waals surface area contributed by atoms with Crippen LogP contribution in [-0.2, 0) is 13.1 Å². The smallest absolute Gasteiger partial charge is 0.191 e. The largest absolute Gasteiger partial charge is 0.505 e. The predicted molar refractivity (Wildman–Crippen MR) is 102 cm³/mol. The highest BCUT2D eigenvalue weighted by Gasteiger charge is 2.08. The van der Waals surface area contributed by atoms with Gasteiger partial charge in [0.05, 0.1) is 6.10 Å². The van der Waals surface area contributed by atoms with Gasteiger partial charge in [0.2, 0.25) is 0 Å². The third kappa shape index (κ3) is 5.65. The van der Waals surface area contributed by atoms with Crippen molar-refractivity contribution in [3.8, 4) is 11.5 Å². The van der Waals surface area contributed by atoms with Gasteiger partial charge in [0.1, 0.15) is 5.75 Å². The predicted octanol–water partition coefficient (Wildman–Crippen LogP) is 3.49. The topological polar surface area (TPSA) is 65.9 Å². The Kier molecular flexibility index (Phi) is 6.83. The van der Waals surface area contributed by atoms with E-state index in [0.717, 1.165) is 16.9 Å². The molecule has 0 aliphatic carbocycles. The highest BCUT2D eigenvalue weighted by molar-refractivity contribution is 5.79. The van der Waals surface area contributed by atoms with E-state index in [0.29, 0.717) is 24.6 Å². The van der Waals surface area contributed by atoms with Crippen LogP contribution >= 0.6 is 0 Å². The summed E-state index contributed by atoms with van der Waals surface area (Å²) < 4.78 is 19.3. The Bertz CT molecular complexity index is 776. The number of hydrogen-bond acceptors (Lipinski definition) is 3. The molecule has 0 amide bonds. The van der Waals surface area contributed by atoms with Crippen molar-refractivity contribution in [1.29, 1.82) is 0 Å². The van der Waals surface area contributed by atoms with Crippen LogP contribution in [0, 0.1) is 12.7 Å². The lowest BCUT2D eigenvalue weighted by Gasteiger charge is -2.17. The molecule has 0 spiro atoms. The van der Waals surface area contributed by atoms with Gasteiger partial charge in [-0.2, -0.15) is 0 Å². The van der Waals surface area contributed by atoms with Gasteiger partial charge in [-0.15, -0.1) is 0 Å². The molecular formula is C20H26FN3O2. The maximum absolute atomic E-state index is 13.4. The number of phenols is 1. The summed E-state index contributed by atoms with van der Waals surface area (Å²) in [6.07, 6.45) is 0.0948. The van der Waals surface area contributed by atoms with E-state index in [9.17, 15) is 9.50 Å². The third-order valence-electron chi connectivity index (χ3n) is 3.73. The van der Waals surface area contributed by atoms with Gasteiger partial charge in [-0.05, 0) is 50.1 Å². The second kappa shape index (κ2) is 9.08. The third-order valence-corrected chi connectivity index (χ3v) is 3.73. The molecular weight excluding hydrogens is 333 g/mol. The highest BCUT2D eigenvalue weighted by atomic mass is 19.1. The summed E-state index contributed by atoms with van der Waals surface area (Å²) in [4.78, 5) is 4.18. The number of ether oxygens (including phenoxy) is 1. The number of hydrogen-bond donors (Lipinski definition) is 3. The zero-order valence-corrected chi connectivity index (χ0v) is 15.6. The van der Waals surface area contributed by atoms with Gasteiger partial charge in [-0.3, -0.25) is 4.99 Å². The zero-order chi connectivity index (χ0) is 19.1. The van der Waals surface area contributed by atoms with Crippen LogP contribution in [0.1, 0.15) is 30.5 Å². The first kappa shape index (κ1) is 19.6. The molecule has 0 unspecified atom stereocenters. The number of benzene rings is 2. The molecule has 0 saturated carbocycles. The van der Waals surface area contributed by atoms with Crippen molar-refractivity contribution < 1.29 is 14.2 Å². The summed E-state index contributed by atoms with van der Waals surface area (Å²) in [5.41, 5.74) is 2.88. The molecule has 2 aromatic rings. The zero-order valence-electron chi connectivity index (χ0n) is 15.6. The summed E-state index contributed by atoms with van der Waals surface area (Å²) in [5.74, 6) is 0.453. The van der Waals surface area contributed by atoms with Gasteiger partial charge in [0.25, 0.3) is 0 Å². The van der Waals surface area contributed by atoms with Gasteiger partial charge in [0.15, 0.2) is 17.5 Å². The molecule has 0 fully saturated rings. The van der Waals surface area contributed by atoms with E-state index in [2.05, 4.69) is 15.6 Å². The average molecular weight is 359 g/mol. The minimum absolute atomic E-state index is 0.0948. The number of aliphatic imine (C=N–C) groups is 1. The first-order valence-corrected chi connectivity index (χ1v) is 8.57. The standard InChI is InChI=1S/C20H26FN3O2/c1-13(2)26-19-9-14(3)5-7-16(19)12-24-20(22-4)23-11-15-6-8-18(25)17(21)10-15/h5-10,13,25H,11-12H2,1-4H3,(H2,22,23,24). The monoisotopic (exact) mass is 359 g/mol. The summed E-state index contributed by atoms with van der Waals surface area (Å²) in [7, 11) is 1.67. The molecule has 0 saturated heterocycles. The summed E-state index contributed by atoms with van der Waals surface area (Å²) in [6, 6.07) is 10.4. The van der Waals surface area contributed by atoms with Crippen LogP contribution in [0.15, 0.2) is 41.4 Å². The fourth-order valence-corrected chi connectivity index (χ4v) is 2.42. The molecule has 0 aromatic heterocycles. The molecule has 0 atom stereocenters. The molecule has 2 rings (SSSR count). The van der Waals surface area contributed by atoms with Crippen molar-refractivity contribution >= 4 is 5.96 Å². The normalized spacial score (nSPS) is 11.5. The first-order chi connectivity index (χ1) is 12.4. The van der Waals surface area contributed by atoms with Gasteiger partial charge >= 0.3 is 0 Å². The van der Waals surface area contributed by atoms with E-state index in [1.165, 1.54) is 12.1 Å². The van der Waals surface area contributed by atoms with Crippen molar-refractivity contribution in [2.45, 2.75) is 40.0 Å². The Morgan fingerprint density at radius 3 is 2.54 bits per heavy atom. The summed E-state index contributed by atoms with van der Waals surface area (Å²) in [6.45, 7) is 6.96. The van der Waals surface area contributed by atoms with Crippen molar-refractivity contribution in [2.75, 3.05) is 7.05 Å². The number of guanidine groups is 1. The van der Waals surface area contributed by atoms with Crippen molar-refractivity contribution in [2.24, 2.45) is 4.99 Å². The maximum atomic E-state index is 13.4. The van der Waals surface area contributed by atoms with Gasteiger partial charge in [0, 0.05) is 25.7 Å². The van der Waals surface area contributed by atoms with E-state index in [1.54, 1.807) is 13.1 Å². The van der Waals surface area contributed by atoms with Crippen LogP contribution in [0.2, 0.25) is 0 Å². The van der Waals surface area contributed by atoms with Gasteiger partial charge < -0.3 is 20.5 Å². The van der Waals surface area contributed by atoms with Crippen LogP contribution < -0.4 is 15.4 Å². The second-order valence-electron chi connectivity index (χ2n) is 6.34. The van der Waals surface area contributed by atoms with Crippen molar-refractivity contribution in [3.05, 3.63) is 58.9 Å². The second-order valence-corrected chi connectivity index (χ2v) is 6.34. The highest BCUT2D eigenvalue weighted by Crippen LogP contribution is 2.21. The molecule has 0 aliphatic heterocycles. The SMILES string of the molecule is CN=C(NCc1ccc(O)c(F)c1)NCc1ccc(C)cc1OC(C)C. The molecule has 0 aliphatic rings. The van der Waals surface area contributed by atoms with E-state index in [1.807, 2.05) is 39.0 Å². The van der Waals surface area contributed by atoms with Gasteiger partial charge in [-0.1, -0.05) is 18.2 Å². The number of aromatic hydroxyl groups is 1. The summed E-state index contributed by atoms with van der Waals surface area (Å²) >= 11 is 0. The molecule has 26 heavy (non-hydrogen) atoms. The molecule has 140 valence electrons. The van der Waals surface area contributed by atoms with Crippen LogP contribution in [-0.4, -0.2) is 24.2 Å². The van der Waals surface area contributed by atoms with Gasteiger partial charge in [-0.25, -0.2) is 4.39 Å². The van der Waals surface area contributed by atoms with Crippen LogP contribution in [0.3, 0.4) is 0 Å². The van der Waals surface area contributed by atoms with Crippen LogP contribution in [0.4, 0.5) is 4.39 Å². The number of rotatable bonds is 6. The van der Waals surface area contributed by atoms with E-state index in [-0.39, 0.29) is 11.9 Å². The average Bonchev–Trinajstić information content (AvgIpc) is 2.59. The quantitative estimate of drug-likeness (QED) is 0.546. The number of halogens is 1. The first-order valence-electron chi connectivity index (χ1n) is 8.57. The van der Waals surface area contributed by atoms with E-state index in [4.69, 9.17) is 4.74 Å². The lowest BCUT2D eigenvalue weighted by Crippen LogP contribution is -2.36. The van der Waals surface area contributed by atoms with E-state index >= 15 is 0 Å². The molecule has 0 heterocycles. The number of nitrogens with zero attached hydrogens (tertiary/aromatic N) is 1. The van der Waals surface area contributed by atoms with Crippen LogP contribution in [0.5, 0.6) is 11.5 Å². The Labute approximate surface area is 153 Å². The number of aryl methyl sites for hydroxylation is 1. The number of phenolic OH excluding ortho intramolecular Hbond substituents is 1. The van der Waals surface area contributed by atoms with E-state index < -0.39 is 5.82 Å².